The van der Waals surface area contributed by atoms with Gasteiger partial charge in [-0.2, -0.15) is 0 Å². The average Bonchev–Trinajstić information content (AvgIpc) is 3.40. The number of hydrogen-bond donors (Lipinski definition) is 4. The fourth-order valence-electron chi connectivity index (χ4n) is 2.13. The van der Waals surface area contributed by atoms with E-state index < -0.39 is 24.0 Å². The Bertz CT molecular complexity index is 1800. The van der Waals surface area contributed by atoms with Crippen LogP contribution in [0.15, 0.2) is 120 Å². The van der Waals surface area contributed by atoms with Crippen molar-refractivity contribution in [2.45, 2.75) is 61.6 Å². The summed E-state index contributed by atoms with van der Waals surface area (Å²) in [6.07, 6.45) is 16.6. The minimum Gasteiger partial charge on any atom is -0.463 e. The number of urea groups is 1. The summed E-state index contributed by atoms with van der Waals surface area (Å²) in [6.45, 7) is 14.6. The van der Waals surface area contributed by atoms with Gasteiger partial charge in [0.05, 0.1) is 30.6 Å². The number of alkyl halides is 6. The Kier molecular flexibility index (Phi) is 95.3. The van der Waals surface area contributed by atoms with E-state index in [1.54, 1.807) is 92.9 Å². The van der Waals surface area contributed by atoms with Crippen molar-refractivity contribution in [2.24, 2.45) is 11.5 Å². The Hall–Kier alpha value is -5.17. The molecule has 0 saturated carbocycles. The maximum absolute atomic E-state index is 12.3. The fourth-order valence-corrected chi connectivity index (χ4v) is 2.58. The lowest BCUT2D eigenvalue weighted by Crippen LogP contribution is -2.25. The van der Waals surface area contributed by atoms with Gasteiger partial charge in [0.1, 0.15) is 0 Å². The lowest BCUT2D eigenvalue weighted by atomic mass is 10.3. The Balaban J connectivity index is -0.0000000855. The van der Waals surface area contributed by atoms with Crippen LogP contribution in [0, 0.1) is 0 Å². The van der Waals surface area contributed by atoms with E-state index in [1.165, 1.54) is 27.2 Å². The molecule has 0 spiro atoms. The summed E-state index contributed by atoms with van der Waals surface area (Å²) in [6, 6.07) is 9.33. The van der Waals surface area contributed by atoms with Gasteiger partial charge in [0, 0.05) is 74.4 Å². The Morgan fingerprint density at radius 2 is 0.732 bits per heavy atom. The lowest BCUT2D eigenvalue weighted by molar-refractivity contribution is -0.152. The number of H-pyrrole nitrogens is 2. The summed E-state index contributed by atoms with van der Waals surface area (Å²) in [5.74, 6) is -1.92. The third kappa shape index (κ3) is 88.3. The van der Waals surface area contributed by atoms with Crippen molar-refractivity contribution in [3.8, 4) is 0 Å². The van der Waals surface area contributed by atoms with E-state index in [9.17, 15) is 36.7 Å². The second-order valence-electron chi connectivity index (χ2n) is 8.47. The monoisotopic (exact) mass is 1320 g/mol. The quantitative estimate of drug-likeness (QED) is 0.0320. The predicted molar refractivity (Wildman–Crippen MR) is 292 cm³/mol. The van der Waals surface area contributed by atoms with Crippen LogP contribution in [0.1, 0.15) is 55.4 Å². The van der Waals surface area contributed by atoms with Crippen LogP contribution in [0.3, 0.4) is 0 Å². The van der Waals surface area contributed by atoms with Gasteiger partial charge in [-0.1, -0.05) is 86.7 Å². The minimum absolute atomic E-state index is 0.0898. The topological polar surface area (TPSA) is 307 Å². The van der Waals surface area contributed by atoms with Gasteiger partial charge in [0.25, 0.3) is 6.17 Å². The van der Waals surface area contributed by atoms with Gasteiger partial charge >= 0.3 is 23.4 Å². The zero-order valence-electron chi connectivity index (χ0n) is 40.7. The molecule has 0 aliphatic rings. The van der Waals surface area contributed by atoms with Crippen LogP contribution in [0.25, 0.3) is 0 Å². The summed E-state index contributed by atoms with van der Waals surface area (Å²) in [7, 11) is 1.50. The Morgan fingerprint density at radius 3 is 0.831 bits per heavy atom. The van der Waals surface area contributed by atoms with E-state index in [0.717, 1.165) is 6.92 Å². The smallest absolute Gasteiger partial charge is 0.348 e. The van der Waals surface area contributed by atoms with Crippen LogP contribution in [0.5, 0.6) is 0 Å². The van der Waals surface area contributed by atoms with Crippen molar-refractivity contribution in [1.82, 2.24) is 59.8 Å². The maximum atomic E-state index is 12.3. The summed E-state index contributed by atoms with van der Waals surface area (Å²) >= 11 is 25.8. The number of primary amides is 2. The molecule has 6 aromatic rings. The number of rotatable bonds is 3. The van der Waals surface area contributed by atoms with Crippen molar-refractivity contribution in [1.29, 1.82) is 0 Å². The summed E-state index contributed by atoms with van der Waals surface area (Å²) in [4.78, 5) is 90.3. The number of halogens is 10. The van der Waals surface area contributed by atoms with Gasteiger partial charge < -0.3 is 26.2 Å². The number of ether oxygens (including phenoxy) is 1. The number of hydrogen-bond acceptors (Lipinski definition) is 16. The molecule has 0 fully saturated rings. The molecule has 6 N–H and O–H groups in total. The molecule has 71 heavy (non-hydrogen) atoms. The highest BCUT2D eigenvalue weighted by atomic mass is 127. The van der Waals surface area contributed by atoms with Crippen molar-refractivity contribution >= 4 is 109 Å². The lowest BCUT2D eigenvalue weighted by Gasteiger charge is -2.01. The first-order chi connectivity index (χ1) is 34.1. The second kappa shape index (κ2) is 79.0. The van der Waals surface area contributed by atoms with Crippen molar-refractivity contribution < 1.29 is 36.7 Å². The van der Waals surface area contributed by atoms with Crippen LogP contribution in [-0.4, -0.2) is 114 Å². The predicted octanol–water partition coefficient (Wildman–Crippen LogP) is 10.2. The molecule has 402 valence electrons. The number of Topliss-reactive ketones (excluding diaryl/α,β-unsaturated/α-hetero) is 1. The molecule has 6 aromatic heterocycles. The van der Waals surface area contributed by atoms with Gasteiger partial charge in [0.2, 0.25) is 21.1 Å². The largest absolute Gasteiger partial charge is 0.463 e. The first kappa shape index (κ1) is 85.7. The highest BCUT2D eigenvalue weighted by molar-refractivity contribution is 14.2. The van der Waals surface area contributed by atoms with Gasteiger partial charge in [-0.05, 0) is 96.6 Å². The average molecular weight is 1320 g/mol. The molecule has 20 nitrogen and oxygen atoms in total. The van der Waals surface area contributed by atoms with Gasteiger partial charge in [-0.15, -0.1) is 0 Å². The minimum atomic E-state index is -2.11. The van der Waals surface area contributed by atoms with Crippen molar-refractivity contribution in [3.63, 3.8) is 0 Å². The number of carbonyl (C=O) groups is 3. The van der Waals surface area contributed by atoms with E-state index in [0.29, 0.717) is 42.7 Å². The maximum Gasteiger partial charge on any atom is 0.348 e. The zero-order chi connectivity index (χ0) is 57.1. The SMILES string of the molecule is CC.CC.CC.CCOC(=O)C(F)C(C)=O.CF.CF.CF.Clc1ncccn1.Clc1ncccn1.Clc1ncccn1.Clc1ncccn1.ICI.NC(N)=O.O=c1nccc[nH]1.O=c1nccc[nH]1. The summed E-state index contributed by atoms with van der Waals surface area (Å²) in [5.41, 5.74) is 7.89. The molecule has 30 heteroatoms. The number of esters is 1. The highest BCUT2D eigenvalue weighted by Gasteiger charge is 2.22. The standard InChI is InChI=1S/C6H9FO3.4C4H3ClN2.2C4H4N2O.3C2H6.3CH3F.CH2I2.CH4N2O/c1-3-10-6(9)5(7)4(2)8;4*5-4-6-2-1-3-7-4;2*7-4-5-2-1-3-6-4;6*1-2;2-1-3;2-1(3)4/h5H,3H2,1-2H3;4*1-3H;2*1-3H,(H,5,6,7);3*1-2H3;3*1H3;1H2;(H4,2,3,4). The first-order valence-electron chi connectivity index (χ1n) is 19.4. The van der Waals surface area contributed by atoms with E-state index >= 15 is 0 Å². The van der Waals surface area contributed by atoms with Crippen LogP contribution in [0.4, 0.5) is 22.4 Å². The van der Waals surface area contributed by atoms with E-state index in [4.69, 9.17) is 51.2 Å². The van der Waals surface area contributed by atoms with Gasteiger partial charge in [-0.3, -0.25) is 18.0 Å². The molecular formula is C41H62Cl4F4I2N14O6. The molecule has 6 rings (SSSR count). The van der Waals surface area contributed by atoms with Crippen LogP contribution < -0.4 is 22.8 Å². The Morgan fingerprint density at radius 1 is 0.535 bits per heavy atom. The fraction of sp³-hybridized carbons (Fsp3) is 0.341. The molecule has 0 bridgehead atoms. The molecule has 0 saturated heterocycles. The number of nitrogens with zero attached hydrogens (tertiary/aromatic N) is 10. The molecule has 1 atom stereocenters. The summed E-state index contributed by atoms with van der Waals surface area (Å²) < 4.78 is 46.2. The van der Waals surface area contributed by atoms with E-state index in [-0.39, 0.29) is 18.0 Å². The molecule has 0 aliphatic heterocycles. The summed E-state index contributed by atoms with van der Waals surface area (Å²) in [5, 5.41) is 1.18. The second-order valence-corrected chi connectivity index (χ2v) is 14.3. The number of aromatic amines is 2. The number of carbonyl (C=O) groups excluding carboxylic acids is 3. The first-order valence-corrected chi connectivity index (χ1v) is 24.0. The molecule has 0 aliphatic carbocycles. The number of ketones is 1. The third-order valence-electron chi connectivity index (χ3n) is 4.15. The zero-order valence-corrected chi connectivity index (χ0v) is 48.1. The van der Waals surface area contributed by atoms with Crippen molar-refractivity contribution in [3.05, 3.63) is 153 Å². The van der Waals surface area contributed by atoms with Crippen LogP contribution >= 0.6 is 91.6 Å². The normalized spacial score (nSPS) is 7.96. The number of amides is 2. The molecule has 1 unspecified atom stereocenters. The highest BCUT2D eigenvalue weighted by Crippen LogP contribution is 1.96. The number of nitrogens with two attached hydrogens (primary N) is 2. The molecule has 2 amide bonds. The molecular weight excluding hydrogens is 1260 g/mol. The van der Waals surface area contributed by atoms with Gasteiger partial charge in [0.15, 0.2) is 5.78 Å². The van der Waals surface area contributed by atoms with E-state index in [1.807, 2.05) is 41.5 Å². The number of aromatic nitrogens is 12. The number of nitrogens with one attached hydrogen (secondary N) is 2. The Labute approximate surface area is 459 Å². The van der Waals surface area contributed by atoms with Crippen molar-refractivity contribution in [2.75, 3.05) is 30.6 Å². The van der Waals surface area contributed by atoms with E-state index in [2.05, 4.69) is 121 Å². The molecule has 6 heterocycles. The molecule has 0 radical (unpaired) electrons. The van der Waals surface area contributed by atoms with Crippen LogP contribution in [0.2, 0.25) is 21.1 Å². The third-order valence-corrected chi connectivity index (χ3v) is 4.93. The van der Waals surface area contributed by atoms with Gasteiger partial charge in [-0.25, -0.2) is 73.4 Å². The van der Waals surface area contributed by atoms with Crippen LogP contribution in [-0.2, 0) is 14.3 Å². The molecule has 0 aromatic carbocycles.